The summed E-state index contributed by atoms with van der Waals surface area (Å²) in [6.45, 7) is 0. The zero-order valence-electron chi connectivity index (χ0n) is 7.08. The third-order valence-electron chi connectivity index (χ3n) is 1.69. The van der Waals surface area contributed by atoms with E-state index in [2.05, 4.69) is 9.36 Å². The molecule has 2 nitrogen and oxygen atoms in total. The minimum Gasteiger partial charge on any atom is -0.209 e. The van der Waals surface area contributed by atoms with Crippen LogP contribution in [0.5, 0.6) is 0 Å². The van der Waals surface area contributed by atoms with Crippen LogP contribution < -0.4 is 0 Å². The minimum atomic E-state index is 0.312. The summed E-state index contributed by atoms with van der Waals surface area (Å²) < 4.78 is 3.90. The Labute approximate surface area is 95.7 Å². The Hall–Kier alpha value is -0.640. The zero-order chi connectivity index (χ0) is 9.97. The van der Waals surface area contributed by atoms with Crippen LogP contribution in [0.3, 0.4) is 0 Å². The predicted octanol–water partition coefficient (Wildman–Crippen LogP) is 3.44. The largest absolute Gasteiger partial charge is 0.234 e. The van der Waals surface area contributed by atoms with Crippen molar-refractivity contribution in [3.05, 3.63) is 45.1 Å². The van der Waals surface area contributed by atoms with Gasteiger partial charge in [0.1, 0.15) is 5.01 Å². The maximum Gasteiger partial charge on any atom is 0.234 e. The topological polar surface area (TPSA) is 25.8 Å². The zero-order valence-corrected chi connectivity index (χ0v) is 9.40. The van der Waals surface area contributed by atoms with Crippen LogP contribution in [-0.2, 0) is 6.42 Å². The quantitative estimate of drug-likeness (QED) is 0.809. The van der Waals surface area contributed by atoms with Crippen molar-refractivity contribution in [2.45, 2.75) is 6.42 Å². The molecule has 1 heterocycles. The first-order chi connectivity index (χ1) is 6.74. The number of benzene rings is 1. The van der Waals surface area contributed by atoms with Gasteiger partial charge in [0.2, 0.25) is 5.28 Å². The van der Waals surface area contributed by atoms with Crippen LogP contribution in [-0.4, -0.2) is 9.36 Å². The summed E-state index contributed by atoms with van der Waals surface area (Å²) >= 11 is 12.8. The molecule has 72 valence electrons. The van der Waals surface area contributed by atoms with Crippen LogP contribution in [0.15, 0.2) is 24.3 Å². The lowest BCUT2D eigenvalue weighted by Gasteiger charge is -1.97. The van der Waals surface area contributed by atoms with Gasteiger partial charge in [-0.05, 0) is 40.8 Å². The molecule has 0 fully saturated rings. The second-order valence-corrected chi connectivity index (χ2v) is 4.37. The molecule has 0 bridgehead atoms. The van der Waals surface area contributed by atoms with Gasteiger partial charge in [-0.3, -0.25) is 0 Å². The van der Waals surface area contributed by atoms with Crippen molar-refractivity contribution in [3.8, 4) is 0 Å². The molecule has 0 aliphatic rings. The number of hydrogen-bond donors (Lipinski definition) is 0. The number of hydrogen-bond acceptors (Lipinski definition) is 3. The van der Waals surface area contributed by atoms with Crippen molar-refractivity contribution in [2.24, 2.45) is 0 Å². The average molecular weight is 245 g/mol. The molecule has 1 aromatic heterocycles. The molecule has 0 saturated heterocycles. The van der Waals surface area contributed by atoms with Gasteiger partial charge < -0.3 is 0 Å². The fraction of sp³-hybridized carbons (Fsp3) is 0.111. The fourth-order valence-electron chi connectivity index (χ4n) is 1.13. The highest BCUT2D eigenvalue weighted by molar-refractivity contribution is 7.05. The van der Waals surface area contributed by atoms with Crippen molar-refractivity contribution >= 4 is 34.7 Å². The van der Waals surface area contributed by atoms with E-state index in [1.54, 1.807) is 0 Å². The molecular formula is C9H6Cl2N2S. The lowest BCUT2D eigenvalue weighted by atomic mass is 10.2. The van der Waals surface area contributed by atoms with Gasteiger partial charge in [-0.2, -0.15) is 4.37 Å². The van der Waals surface area contributed by atoms with Crippen molar-refractivity contribution in [2.75, 3.05) is 0 Å². The molecule has 0 saturated carbocycles. The molecule has 0 spiro atoms. The first kappa shape index (κ1) is 9.90. The summed E-state index contributed by atoms with van der Waals surface area (Å²) in [5.74, 6) is 0. The Morgan fingerprint density at radius 3 is 2.79 bits per heavy atom. The molecule has 14 heavy (non-hydrogen) atoms. The van der Waals surface area contributed by atoms with Gasteiger partial charge in [0.05, 0.1) is 0 Å². The number of aromatic nitrogens is 2. The second kappa shape index (κ2) is 4.26. The maximum absolute atomic E-state index is 5.86. The van der Waals surface area contributed by atoms with E-state index in [1.807, 2.05) is 24.3 Å². The fourth-order valence-corrected chi connectivity index (χ4v) is 2.18. The van der Waals surface area contributed by atoms with E-state index in [0.717, 1.165) is 22.0 Å². The van der Waals surface area contributed by atoms with Gasteiger partial charge in [0.25, 0.3) is 0 Å². The Bertz CT molecular complexity index is 442. The van der Waals surface area contributed by atoms with Gasteiger partial charge in [-0.1, -0.05) is 23.7 Å². The minimum absolute atomic E-state index is 0.312. The summed E-state index contributed by atoms with van der Waals surface area (Å²) in [7, 11) is 0. The van der Waals surface area contributed by atoms with E-state index in [-0.39, 0.29) is 0 Å². The van der Waals surface area contributed by atoms with Gasteiger partial charge >= 0.3 is 0 Å². The van der Waals surface area contributed by atoms with E-state index in [1.165, 1.54) is 11.5 Å². The molecule has 0 aliphatic carbocycles. The molecule has 2 aromatic rings. The van der Waals surface area contributed by atoms with E-state index < -0.39 is 0 Å². The van der Waals surface area contributed by atoms with Crippen LogP contribution in [0.25, 0.3) is 0 Å². The Balaban J connectivity index is 2.18. The van der Waals surface area contributed by atoms with Crippen LogP contribution in [0.4, 0.5) is 0 Å². The van der Waals surface area contributed by atoms with Crippen LogP contribution >= 0.6 is 34.7 Å². The highest BCUT2D eigenvalue weighted by Crippen LogP contribution is 2.16. The van der Waals surface area contributed by atoms with Gasteiger partial charge in [0, 0.05) is 11.4 Å². The summed E-state index contributed by atoms with van der Waals surface area (Å²) in [5, 5.41) is 1.95. The lowest BCUT2D eigenvalue weighted by molar-refractivity contribution is 1.13. The standard InChI is InChI=1S/C9H6Cl2N2S/c10-7-3-1-2-6(4-7)5-8-12-9(11)13-14-8/h1-4H,5H2. The normalized spacial score (nSPS) is 10.4. The molecule has 0 unspecified atom stereocenters. The van der Waals surface area contributed by atoms with Gasteiger partial charge in [0.15, 0.2) is 0 Å². The number of nitrogens with zero attached hydrogens (tertiary/aromatic N) is 2. The molecular weight excluding hydrogens is 239 g/mol. The molecule has 5 heteroatoms. The predicted molar refractivity (Wildman–Crippen MR) is 59.2 cm³/mol. The number of halogens is 2. The Kier molecular flexibility index (Phi) is 3.01. The third kappa shape index (κ3) is 2.44. The van der Waals surface area contributed by atoms with E-state index >= 15 is 0 Å². The van der Waals surface area contributed by atoms with Crippen molar-refractivity contribution in [3.63, 3.8) is 0 Å². The second-order valence-electron chi connectivity index (χ2n) is 2.76. The van der Waals surface area contributed by atoms with Crippen LogP contribution in [0.2, 0.25) is 10.3 Å². The SMILES string of the molecule is Clc1cccc(Cc2nc(Cl)ns2)c1. The molecule has 1 aromatic carbocycles. The maximum atomic E-state index is 5.86. The monoisotopic (exact) mass is 244 g/mol. The summed E-state index contributed by atoms with van der Waals surface area (Å²) in [6.07, 6.45) is 0.727. The van der Waals surface area contributed by atoms with Gasteiger partial charge in [-0.15, -0.1) is 0 Å². The van der Waals surface area contributed by atoms with Crippen molar-refractivity contribution in [1.29, 1.82) is 0 Å². The summed E-state index contributed by atoms with van der Waals surface area (Å²) in [6, 6.07) is 7.68. The smallest absolute Gasteiger partial charge is 0.209 e. The molecule has 0 amide bonds. The average Bonchev–Trinajstić information content (AvgIpc) is 2.51. The Morgan fingerprint density at radius 1 is 1.29 bits per heavy atom. The van der Waals surface area contributed by atoms with Crippen LogP contribution in [0.1, 0.15) is 10.6 Å². The highest BCUT2D eigenvalue weighted by Gasteiger charge is 2.02. The van der Waals surface area contributed by atoms with E-state index in [0.29, 0.717) is 5.28 Å². The molecule has 0 radical (unpaired) electrons. The highest BCUT2D eigenvalue weighted by atomic mass is 35.5. The van der Waals surface area contributed by atoms with Gasteiger partial charge in [-0.25, -0.2) is 4.98 Å². The number of rotatable bonds is 2. The van der Waals surface area contributed by atoms with E-state index in [9.17, 15) is 0 Å². The van der Waals surface area contributed by atoms with Crippen LogP contribution in [0, 0.1) is 0 Å². The molecule has 2 rings (SSSR count). The van der Waals surface area contributed by atoms with Crippen molar-refractivity contribution < 1.29 is 0 Å². The van der Waals surface area contributed by atoms with Crippen molar-refractivity contribution in [1.82, 2.24) is 9.36 Å². The molecule has 0 atom stereocenters. The lowest BCUT2D eigenvalue weighted by Crippen LogP contribution is -1.86. The molecule has 0 aliphatic heterocycles. The first-order valence-corrected chi connectivity index (χ1v) is 5.49. The third-order valence-corrected chi connectivity index (χ3v) is 2.90. The van der Waals surface area contributed by atoms with E-state index in [4.69, 9.17) is 23.2 Å². The Morgan fingerprint density at radius 2 is 2.14 bits per heavy atom. The first-order valence-electron chi connectivity index (χ1n) is 3.96. The summed E-state index contributed by atoms with van der Waals surface area (Å²) in [4.78, 5) is 4.07. The molecule has 0 N–H and O–H groups in total. The summed E-state index contributed by atoms with van der Waals surface area (Å²) in [5.41, 5.74) is 1.12.